The maximum atomic E-state index is 13.6. The second kappa shape index (κ2) is 12.0. The van der Waals surface area contributed by atoms with E-state index in [1.54, 1.807) is 4.90 Å². The number of rotatable bonds is 8. The van der Waals surface area contributed by atoms with Gasteiger partial charge in [0.2, 0.25) is 5.91 Å². The van der Waals surface area contributed by atoms with Crippen LogP contribution in [0.25, 0.3) is 0 Å². The van der Waals surface area contributed by atoms with Gasteiger partial charge in [-0.15, -0.1) is 0 Å². The molecule has 2 aromatic carbocycles. The maximum Gasteiger partial charge on any atom is 0.262 e. The lowest BCUT2D eigenvalue weighted by atomic mass is 9.98. The molecule has 35 heavy (non-hydrogen) atoms. The summed E-state index contributed by atoms with van der Waals surface area (Å²) in [5.74, 6) is -0.278. The third-order valence-corrected chi connectivity index (χ3v) is 6.96. The predicted molar refractivity (Wildman–Crippen MR) is 138 cm³/mol. The Labute approximate surface area is 216 Å². The fourth-order valence-corrected chi connectivity index (χ4v) is 4.75. The van der Waals surface area contributed by atoms with Crippen LogP contribution in [0.4, 0.5) is 0 Å². The summed E-state index contributed by atoms with van der Waals surface area (Å²) < 4.78 is 5.41. The number of carbonyl (C=O) groups is 2. The van der Waals surface area contributed by atoms with Crippen molar-refractivity contribution < 1.29 is 14.3 Å². The van der Waals surface area contributed by atoms with Gasteiger partial charge >= 0.3 is 0 Å². The van der Waals surface area contributed by atoms with Crippen LogP contribution in [-0.2, 0) is 14.3 Å². The molecule has 0 bridgehead atoms. The van der Waals surface area contributed by atoms with Crippen LogP contribution in [0.5, 0.6) is 0 Å². The van der Waals surface area contributed by atoms with Gasteiger partial charge in [0, 0.05) is 54.6 Å². The van der Waals surface area contributed by atoms with E-state index in [0.717, 1.165) is 29.9 Å². The number of hydrazone groups is 1. The molecule has 9 heteroatoms. The molecule has 0 N–H and O–H groups in total. The van der Waals surface area contributed by atoms with Crippen molar-refractivity contribution in [2.45, 2.75) is 25.8 Å². The molecule has 0 saturated carbocycles. The first kappa shape index (κ1) is 25.6. The second-order valence-corrected chi connectivity index (χ2v) is 9.50. The number of hydrogen-bond donors (Lipinski definition) is 0. The Bertz CT molecular complexity index is 1070. The van der Waals surface area contributed by atoms with Crippen molar-refractivity contribution in [1.29, 1.82) is 0 Å². The molecule has 2 aliphatic rings. The van der Waals surface area contributed by atoms with E-state index in [0.29, 0.717) is 49.2 Å². The lowest BCUT2D eigenvalue weighted by Gasteiger charge is -2.31. The Morgan fingerprint density at radius 1 is 1.09 bits per heavy atom. The molecule has 0 aromatic heterocycles. The van der Waals surface area contributed by atoms with Gasteiger partial charge in [-0.3, -0.25) is 14.5 Å². The Balaban J connectivity index is 1.55. The average molecular weight is 517 g/mol. The summed E-state index contributed by atoms with van der Waals surface area (Å²) in [6.45, 7) is 6.02. The molecule has 2 aromatic rings. The van der Waals surface area contributed by atoms with Crippen molar-refractivity contribution >= 4 is 40.7 Å². The lowest BCUT2D eigenvalue weighted by molar-refractivity contribution is -0.141. The summed E-state index contributed by atoms with van der Waals surface area (Å²) in [5.41, 5.74) is 2.47. The molecule has 186 valence electrons. The minimum absolute atomic E-state index is 0.0274. The predicted octanol–water partition coefficient (Wildman–Crippen LogP) is 4.24. The summed E-state index contributed by atoms with van der Waals surface area (Å²) in [6.07, 6.45) is 0.859. The molecule has 0 spiro atoms. The Hall–Kier alpha value is -2.45. The molecule has 1 saturated heterocycles. The number of morpholine rings is 1. The molecule has 0 aliphatic carbocycles. The van der Waals surface area contributed by atoms with E-state index in [1.807, 2.05) is 55.5 Å². The van der Waals surface area contributed by atoms with Gasteiger partial charge in [-0.1, -0.05) is 60.5 Å². The third-order valence-electron chi connectivity index (χ3n) is 6.38. The normalized spacial score (nSPS) is 18.4. The van der Waals surface area contributed by atoms with Crippen molar-refractivity contribution in [3.05, 3.63) is 69.7 Å². The van der Waals surface area contributed by atoms with Crippen molar-refractivity contribution in [3.63, 3.8) is 0 Å². The molecule has 0 radical (unpaired) electrons. The maximum absolute atomic E-state index is 13.6. The van der Waals surface area contributed by atoms with E-state index < -0.39 is 0 Å². The number of amides is 2. The van der Waals surface area contributed by atoms with E-state index in [1.165, 1.54) is 5.01 Å². The van der Waals surface area contributed by atoms with Crippen LogP contribution < -0.4 is 0 Å². The topological polar surface area (TPSA) is 65.5 Å². The quantitative estimate of drug-likeness (QED) is 0.526. The number of hydrogen-bond acceptors (Lipinski definition) is 5. The Kier molecular flexibility index (Phi) is 8.78. The van der Waals surface area contributed by atoms with Crippen LogP contribution in [-0.4, -0.2) is 78.3 Å². The monoisotopic (exact) mass is 516 g/mol. The zero-order valence-electron chi connectivity index (χ0n) is 19.8. The van der Waals surface area contributed by atoms with Gasteiger partial charge < -0.3 is 9.64 Å². The summed E-state index contributed by atoms with van der Waals surface area (Å²) in [4.78, 5) is 30.2. The molecule has 0 unspecified atom stereocenters. The van der Waals surface area contributed by atoms with Crippen molar-refractivity contribution in [3.8, 4) is 0 Å². The van der Waals surface area contributed by atoms with Gasteiger partial charge in [0.15, 0.2) is 0 Å². The molecule has 2 amide bonds. The first-order valence-electron chi connectivity index (χ1n) is 11.9. The zero-order valence-corrected chi connectivity index (χ0v) is 21.3. The van der Waals surface area contributed by atoms with Crippen LogP contribution in [0.3, 0.4) is 0 Å². The second-order valence-electron chi connectivity index (χ2n) is 8.66. The SMILES string of the molecule is CCC(=O)N(CCN1CCOCC1)CC(=O)N1N=C(c2ccccc2Cl)C[C@@H]1c1ccc(Cl)cc1. The lowest BCUT2D eigenvalue weighted by Crippen LogP contribution is -2.46. The van der Waals surface area contributed by atoms with Gasteiger partial charge in [-0.25, -0.2) is 5.01 Å². The largest absolute Gasteiger partial charge is 0.379 e. The van der Waals surface area contributed by atoms with Crippen LogP contribution in [0, 0.1) is 0 Å². The van der Waals surface area contributed by atoms with Gasteiger partial charge in [-0.2, -0.15) is 5.10 Å². The summed E-state index contributed by atoms with van der Waals surface area (Å²) in [6, 6.07) is 14.6. The van der Waals surface area contributed by atoms with E-state index in [9.17, 15) is 9.59 Å². The number of halogens is 2. The zero-order chi connectivity index (χ0) is 24.8. The summed E-state index contributed by atoms with van der Waals surface area (Å²) in [5, 5.41) is 7.42. The highest BCUT2D eigenvalue weighted by molar-refractivity contribution is 6.34. The molecule has 4 rings (SSSR count). The van der Waals surface area contributed by atoms with Crippen LogP contribution >= 0.6 is 23.2 Å². The van der Waals surface area contributed by atoms with E-state index >= 15 is 0 Å². The first-order chi connectivity index (χ1) is 17.0. The fraction of sp³-hybridized carbons (Fsp3) is 0.423. The number of ether oxygens (including phenoxy) is 1. The van der Waals surface area contributed by atoms with Crippen molar-refractivity contribution in [2.24, 2.45) is 5.10 Å². The van der Waals surface area contributed by atoms with Crippen LogP contribution in [0.1, 0.15) is 36.9 Å². The standard InChI is InChI=1S/C26H30Cl2N4O3/c1-2-25(33)31(12-11-30-13-15-35-16-14-30)18-26(34)32-24(19-7-9-20(27)10-8-19)17-23(29-32)21-5-3-4-6-22(21)28/h3-10,24H,2,11-18H2,1H3/t24-/m1/s1. The van der Waals surface area contributed by atoms with Crippen LogP contribution in [0.2, 0.25) is 10.0 Å². The first-order valence-corrected chi connectivity index (χ1v) is 12.7. The number of benzene rings is 2. The highest BCUT2D eigenvalue weighted by Gasteiger charge is 2.34. The van der Waals surface area contributed by atoms with Gasteiger partial charge in [0.25, 0.3) is 5.91 Å². The Morgan fingerprint density at radius 3 is 2.49 bits per heavy atom. The van der Waals surface area contributed by atoms with Crippen molar-refractivity contribution in [2.75, 3.05) is 45.9 Å². The van der Waals surface area contributed by atoms with Crippen molar-refractivity contribution in [1.82, 2.24) is 14.8 Å². The Morgan fingerprint density at radius 2 is 1.80 bits per heavy atom. The van der Waals surface area contributed by atoms with Gasteiger partial charge in [0.05, 0.1) is 25.0 Å². The van der Waals surface area contributed by atoms with E-state index in [2.05, 4.69) is 4.90 Å². The molecule has 2 aliphatic heterocycles. The molecular formula is C26H30Cl2N4O3. The molecular weight excluding hydrogens is 487 g/mol. The minimum Gasteiger partial charge on any atom is -0.379 e. The summed E-state index contributed by atoms with van der Waals surface area (Å²) in [7, 11) is 0. The smallest absolute Gasteiger partial charge is 0.262 e. The number of nitrogens with zero attached hydrogens (tertiary/aromatic N) is 4. The third kappa shape index (κ3) is 6.41. The minimum atomic E-state index is -0.302. The van der Waals surface area contributed by atoms with Gasteiger partial charge in [-0.05, 0) is 23.8 Å². The molecule has 2 heterocycles. The van der Waals surface area contributed by atoms with Crippen LogP contribution in [0.15, 0.2) is 53.6 Å². The number of carbonyl (C=O) groups excluding carboxylic acids is 2. The van der Waals surface area contributed by atoms with E-state index in [-0.39, 0.29) is 24.4 Å². The molecule has 1 fully saturated rings. The van der Waals surface area contributed by atoms with Gasteiger partial charge in [0.1, 0.15) is 6.54 Å². The average Bonchev–Trinajstić information content (AvgIpc) is 3.32. The summed E-state index contributed by atoms with van der Waals surface area (Å²) >= 11 is 12.5. The van der Waals surface area contributed by atoms with E-state index in [4.69, 9.17) is 33.0 Å². The highest BCUT2D eigenvalue weighted by Crippen LogP contribution is 2.35. The molecule has 1 atom stereocenters. The molecule has 7 nitrogen and oxygen atoms in total. The highest BCUT2D eigenvalue weighted by atomic mass is 35.5. The fourth-order valence-electron chi connectivity index (χ4n) is 4.38.